The topological polar surface area (TPSA) is 57.5 Å². The highest BCUT2D eigenvalue weighted by Gasteiger charge is 2.04. The zero-order valence-corrected chi connectivity index (χ0v) is 18.1. The van der Waals surface area contributed by atoms with Crippen LogP contribution in [0.1, 0.15) is 42.8 Å². The van der Waals surface area contributed by atoms with Gasteiger partial charge in [-0.1, -0.05) is 38.1 Å². The van der Waals surface area contributed by atoms with Crippen molar-refractivity contribution in [3.8, 4) is 0 Å². The van der Waals surface area contributed by atoms with Crippen LogP contribution in [0.3, 0.4) is 0 Å². The molecule has 0 bridgehead atoms. The highest BCUT2D eigenvalue weighted by Crippen LogP contribution is 2.08. The van der Waals surface area contributed by atoms with Crippen LogP contribution in [0.15, 0.2) is 35.3 Å². The molecule has 0 aliphatic carbocycles. The smallest absolute Gasteiger partial charge is 0.191 e. The van der Waals surface area contributed by atoms with Crippen LogP contribution in [0.4, 0.5) is 0 Å². The maximum atomic E-state index is 4.50. The lowest BCUT2D eigenvalue weighted by atomic mass is 10.1. The second-order valence-electron chi connectivity index (χ2n) is 7.14. The van der Waals surface area contributed by atoms with E-state index in [0.717, 1.165) is 57.3 Å². The van der Waals surface area contributed by atoms with Gasteiger partial charge in [-0.05, 0) is 50.6 Å². The minimum absolute atomic E-state index is 0.767. The molecule has 1 aromatic carbocycles. The van der Waals surface area contributed by atoms with Gasteiger partial charge in [-0.15, -0.1) is 0 Å². The number of nitrogens with one attached hydrogen (secondary N) is 2. The van der Waals surface area contributed by atoms with Gasteiger partial charge in [0, 0.05) is 38.9 Å². The Morgan fingerprint density at radius 2 is 1.86 bits per heavy atom. The third-order valence-electron chi connectivity index (χ3n) is 4.92. The largest absolute Gasteiger partial charge is 0.356 e. The third-order valence-corrected chi connectivity index (χ3v) is 4.92. The van der Waals surface area contributed by atoms with E-state index in [2.05, 4.69) is 81.4 Å². The normalized spacial score (nSPS) is 11.9. The Kier molecular flexibility index (Phi) is 9.01. The number of aliphatic imine (C=N–C) groups is 1. The van der Waals surface area contributed by atoms with E-state index in [1.807, 2.05) is 14.0 Å². The number of guanidine groups is 1. The first-order valence-electron chi connectivity index (χ1n) is 10.3. The van der Waals surface area contributed by atoms with E-state index in [1.54, 1.807) is 0 Å². The molecule has 0 saturated heterocycles. The molecule has 0 saturated carbocycles. The minimum Gasteiger partial charge on any atom is -0.356 e. The summed E-state index contributed by atoms with van der Waals surface area (Å²) >= 11 is 0. The summed E-state index contributed by atoms with van der Waals surface area (Å²) in [6.07, 6.45) is 1.00. The molecule has 0 amide bonds. The van der Waals surface area contributed by atoms with Gasteiger partial charge in [-0.25, -0.2) is 0 Å². The van der Waals surface area contributed by atoms with Crippen LogP contribution < -0.4 is 10.6 Å². The van der Waals surface area contributed by atoms with E-state index in [1.165, 1.54) is 16.8 Å². The molecule has 0 spiro atoms. The van der Waals surface area contributed by atoms with E-state index in [4.69, 9.17) is 0 Å². The van der Waals surface area contributed by atoms with Crippen molar-refractivity contribution in [3.05, 3.63) is 52.8 Å². The highest BCUT2D eigenvalue weighted by molar-refractivity contribution is 5.79. The molecule has 0 aliphatic rings. The molecule has 1 aromatic heterocycles. The molecule has 154 valence electrons. The first kappa shape index (κ1) is 22.0. The van der Waals surface area contributed by atoms with Crippen molar-refractivity contribution in [3.63, 3.8) is 0 Å². The monoisotopic (exact) mass is 384 g/mol. The van der Waals surface area contributed by atoms with Gasteiger partial charge in [0.05, 0.1) is 5.69 Å². The maximum absolute atomic E-state index is 4.50. The third kappa shape index (κ3) is 7.00. The molecule has 0 aliphatic heterocycles. The average Bonchev–Trinajstić information content (AvgIpc) is 3.02. The number of nitrogens with zero attached hydrogens (tertiary/aromatic N) is 4. The van der Waals surface area contributed by atoms with Gasteiger partial charge in [0.15, 0.2) is 5.96 Å². The van der Waals surface area contributed by atoms with Gasteiger partial charge in [-0.3, -0.25) is 14.6 Å². The number of benzene rings is 1. The van der Waals surface area contributed by atoms with Crippen LogP contribution in [0, 0.1) is 13.8 Å². The zero-order valence-electron chi connectivity index (χ0n) is 18.1. The molecule has 0 atom stereocenters. The lowest BCUT2D eigenvalue weighted by Crippen LogP contribution is -2.37. The molecule has 2 aromatic rings. The van der Waals surface area contributed by atoms with E-state index in [-0.39, 0.29) is 0 Å². The average molecular weight is 385 g/mol. The van der Waals surface area contributed by atoms with Crippen LogP contribution in [-0.2, 0) is 19.6 Å². The molecular weight excluding hydrogens is 348 g/mol. The number of aryl methyl sites for hydroxylation is 3. The molecule has 0 radical (unpaired) electrons. The summed E-state index contributed by atoms with van der Waals surface area (Å²) in [5, 5.41) is 11.3. The highest BCUT2D eigenvalue weighted by atomic mass is 15.3. The van der Waals surface area contributed by atoms with Gasteiger partial charge < -0.3 is 10.6 Å². The van der Waals surface area contributed by atoms with Crippen molar-refractivity contribution in [2.24, 2.45) is 4.99 Å². The number of aromatic nitrogens is 2. The Labute approximate surface area is 170 Å². The fourth-order valence-corrected chi connectivity index (χ4v) is 3.29. The van der Waals surface area contributed by atoms with Gasteiger partial charge >= 0.3 is 0 Å². The zero-order chi connectivity index (χ0) is 20.4. The SMILES string of the molecule is CCN(CC)Cc1cccc(CNC(=NC)NCCCn2nc(C)cc2C)c1. The van der Waals surface area contributed by atoms with Gasteiger partial charge in [0.1, 0.15) is 0 Å². The summed E-state index contributed by atoms with van der Waals surface area (Å²) in [6.45, 7) is 14.2. The Morgan fingerprint density at radius 1 is 1.11 bits per heavy atom. The summed E-state index contributed by atoms with van der Waals surface area (Å²) in [5.74, 6) is 0.836. The number of hydrogen-bond acceptors (Lipinski definition) is 3. The maximum Gasteiger partial charge on any atom is 0.191 e. The van der Waals surface area contributed by atoms with E-state index in [9.17, 15) is 0 Å². The van der Waals surface area contributed by atoms with Crippen LogP contribution >= 0.6 is 0 Å². The van der Waals surface area contributed by atoms with Crippen molar-refractivity contribution < 1.29 is 0 Å². The predicted molar refractivity (Wildman–Crippen MR) is 118 cm³/mol. The van der Waals surface area contributed by atoms with Crippen molar-refractivity contribution in [2.75, 3.05) is 26.7 Å². The van der Waals surface area contributed by atoms with Crippen LogP contribution in [0.2, 0.25) is 0 Å². The van der Waals surface area contributed by atoms with Crippen molar-refractivity contribution >= 4 is 5.96 Å². The summed E-state index contributed by atoms with van der Waals surface area (Å²) in [5.41, 5.74) is 4.92. The van der Waals surface area contributed by atoms with E-state index < -0.39 is 0 Å². The second kappa shape index (κ2) is 11.5. The number of hydrogen-bond donors (Lipinski definition) is 2. The molecule has 0 unspecified atom stereocenters. The first-order valence-corrected chi connectivity index (χ1v) is 10.3. The van der Waals surface area contributed by atoms with Gasteiger partial charge in [-0.2, -0.15) is 5.10 Å². The minimum atomic E-state index is 0.767. The molecular formula is C22H36N6. The summed E-state index contributed by atoms with van der Waals surface area (Å²) in [6, 6.07) is 10.9. The van der Waals surface area contributed by atoms with Gasteiger partial charge in [0.25, 0.3) is 0 Å². The Bertz CT molecular complexity index is 745. The Morgan fingerprint density at radius 3 is 2.50 bits per heavy atom. The fourth-order valence-electron chi connectivity index (χ4n) is 3.29. The van der Waals surface area contributed by atoms with Crippen molar-refractivity contribution in [1.82, 2.24) is 25.3 Å². The summed E-state index contributed by atoms with van der Waals surface area (Å²) in [4.78, 5) is 6.76. The lowest BCUT2D eigenvalue weighted by Gasteiger charge is -2.18. The lowest BCUT2D eigenvalue weighted by molar-refractivity contribution is 0.296. The molecule has 2 rings (SSSR count). The summed E-state index contributed by atoms with van der Waals surface area (Å²) < 4.78 is 2.06. The number of rotatable bonds is 10. The standard InChI is InChI=1S/C22H36N6/c1-6-27(7-2)17-21-11-8-10-20(15-21)16-25-22(23-5)24-12-9-13-28-19(4)14-18(3)26-28/h8,10-11,14-15H,6-7,9,12-13,16-17H2,1-5H3,(H2,23,24,25). The van der Waals surface area contributed by atoms with Crippen molar-refractivity contribution in [2.45, 2.75) is 53.8 Å². The Balaban J connectivity index is 1.76. The quantitative estimate of drug-likeness (QED) is 0.375. The Hall–Kier alpha value is -2.34. The first-order chi connectivity index (χ1) is 13.5. The molecule has 2 N–H and O–H groups in total. The molecule has 1 heterocycles. The van der Waals surface area contributed by atoms with E-state index >= 15 is 0 Å². The predicted octanol–water partition coefficient (Wildman–Crippen LogP) is 3.10. The van der Waals surface area contributed by atoms with E-state index in [0.29, 0.717) is 0 Å². The van der Waals surface area contributed by atoms with Crippen molar-refractivity contribution in [1.29, 1.82) is 0 Å². The van der Waals surface area contributed by atoms with Crippen LogP contribution in [0.25, 0.3) is 0 Å². The molecule has 6 nitrogen and oxygen atoms in total. The molecule has 6 heteroatoms. The fraction of sp³-hybridized carbons (Fsp3) is 0.545. The van der Waals surface area contributed by atoms with Crippen LogP contribution in [0.5, 0.6) is 0 Å². The summed E-state index contributed by atoms with van der Waals surface area (Å²) in [7, 11) is 1.81. The van der Waals surface area contributed by atoms with Gasteiger partial charge in [0.2, 0.25) is 0 Å². The second-order valence-corrected chi connectivity index (χ2v) is 7.14. The molecule has 0 fully saturated rings. The van der Waals surface area contributed by atoms with Crippen LogP contribution in [-0.4, -0.2) is 47.3 Å². The molecule has 28 heavy (non-hydrogen) atoms.